The molecule has 0 spiro atoms. The zero-order valence-electron chi connectivity index (χ0n) is 18.2. The summed E-state index contributed by atoms with van der Waals surface area (Å²) in [5.41, 5.74) is 3.26. The van der Waals surface area contributed by atoms with E-state index < -0.39 is 6.10 Å². The van der Waals surface area contributed by atoms with E-state index in [0.29, 0.717) is 23.4 Å². The molecule has 0 aliphatic carbocycles. The van der Waals surface area contributed by atoms with Gasteiger partial charge in [-0.25, -0.2) is 0 Å². The number of hydrogen-bond donors (Lipinski definition) is 1. The molecule has 0 radical (unpaired) electrons. The first-order chi connectivity index (χ1) is 14.5. The number of likely N-dealkylation sites (tertiary alicyclic amines) is 1. The van der Waals surface area contributed by atoms with Gasteiger partial charge in [-0.3, -0.25) is 9.59 Å². The number of carbonyl (C=O) groups excluding carboxylic acids is 2. The molecule has 0 bridgehead atoms. The van der Waals surface area contributed by atoms with Crippen LogP contribution in [0.1, 0.15) is 60.5 Å². The van der Waals surface area contributed by atoms with Gasteiger partial charge in [-0.15, -0.1) is 0 Å². The molecule has 5 nitrogen and oxygen atoms in total. The number of aryl methyl sites for hydroxylation is 2. The lowest BCUT2D eigenvalue weighted by atomic mass is 10.1. The van der Waals surface area contributed by atoms with E-state index in [1.54, 1.807) is 12.1 Å². The molecule has 0 unspecified atom stereocenters. The largest absolute Gasteiger partial charge is 0.481 e. The van der Waals surface area contributed by atoms with Crippen molar-refractivity contribution < 1.29 is 14.3 Å². The van der Waals surface area contributed by atoms with Crippen molar-refractivity contribution in [1.82, 2.24) is 4.90 Å². The first kappa shape index (κ1) is 21.9. The maximum Gasteiger partial charge on any atom is 0.265 e. The Bertz CT molecular complexity index is 865. The second-order valence-corrected chi connectivity index (χ2v) is 8.08. The number of benzene rings is 2. The van der Waals surface area contributed by atoms with E-state index in [9.17, 15) is 9.59 Å². The summed E-state index contributed by atoms with van der Waals surface area (Å²) in [7, 11) is 0. The predicted octanol–water partition coefficient (Wildman–Crippen LogP) is 5.12. The number of ether oxygens (including phenoxy) is 1. The SMILES string of the molecule is CC[C@@H](Oc1cc(C)cc(C)c1)C(=O)Nc1ccccc1C(=O)N1CCCCCC1. The van der Waals surface area contributed by atoms with E-state index in [2.05, 4.69) is 11.4 Å². The molecule has 1 N–H and O–H groups in total. The lowest BCUT2D eigenvalue weighted by molar-refractivity contribution is -0.122. The number of para-hydroxylation sites is 1. The molecular weight excluding hydrogens is 376 g/mol. The van der Waals surface area contributed by atoms with Crippen molar-refractivity contribution in [1.29, 1.82) is 0 Å². The molecule has 2 amide bonds. The number of carbonyl (C=O) groups is 2. The molecule has 2 aromatic carbocycles. The van der Waals surface area contributed by atoms with Gasteiger partial charge in [-0.2, -0.15) is 0 Å². The second-order valence-electron chi connectivity index (χ2n) is 8.08. The minimum Gasteiger partial charge on any atom is -0.481 e. The van der Waals surface area contributed by atoms with Crippen molar-refractivity contribution in [3.8, 4) is 5.75 Å². The Kier molecular flexibility index (Phi) is 7.50. The van der Waals surface area contributed by atoms with E-state index in [0.717, 1.165) is 49.9 Å². The summed E-state index contributed by atoms with van der Waals surface area (Å²) in [6.07, 6.45) is 4.28. The highest BCUT2D eigenvalue weighted by Crippen LogP contribution is 2.22. The molecule has 1 heterocycles. The summed E-state index contributed by atoms with van der Waals surface area (Å²) in [5.74, 6) is 0.423. The van der Waals surface area contributed by atoms with Crippen LogP contribution < -0.4 is 10.1 Å². The maximum absolute atomic E-state index is 13.1. The normalized spacial score (nSPS) is 15.2. The fourth-order valence-electron chi connectivity index (χ4n) is 3.92. The Labute approximate surface area is 179 Å². The van der Waals surface area contributed by atoms with Gasteiger partial charge in [-0.05, 0) is 68.5 Å². The minimum absolute atomic E-state index is 0.0175. The second kappa shape index (κ2) is 10.3. The molecule has 1 atom stereocenters. The molecule has 1 fully saturated rings. The smallest absolute Gasteiger partial charge is 0.265 e. The third-order valence-electron chi connectivity index (χ3n) is 5.45. The molecular formula is C25H32N2O3. The standard InChI is InChI=1S/C25H32N2O3/c1-4-23(30-20-16-18(2)15-19(3)17-20)24(28)26-22-12-8-7-11-21(22)25(29)27-13-9-5-6-10-14-27/h7-8,11-12,15-17,23H,4-6,9-10,13-14H2,1-3H3,(H,26,28)/t23-/m1/s1. The van der Waals surface area contributed by atoms with Crippen molar-refractivity contribution in [2.75, 3.05) is 18.4 Å². The fourth-order valence-corrected chi connectivity index (χ4v) is 3.92. The van der Waals surface area contributed by atoms with Crippen LogP contribution in [-0.4, -0.2) is 35.9 Å². The van der Waals surface area contributed by atoms with Crippen LogP contribution >= 0.6 is 0 Å². The van der Waals surface area contributed by atoms with Gasteiger partial charge in [0, 0.05) is 13.1 Å². The molecule has 3 rings (SSSR count). The topological polar surface area (TPSA) is 58.6 Å². The number of rotatable bonds is 6. The number of nitrogens with one attached hydrogen (secondary N) is 1. The molecule has 5 heteroatoms. The Morgan fingerprint density at radius 1 is 1.00 bits per heavy atom. The van der Waals surface area contributed by atoms with Gasteiger partial charge in [0.15, 0.2) is 6.10 Å². The van der Waals surface area contributed by atoms with E-state index in [1.165, 1.54) is 0 Å². The first-order valence-electron chi connectivity index (χ1n) is 10.9. The van der Waals surface area contributed by atoms with Crippen LogP contribution in [0.4, 0.5) is 5.69 Å². The van der Waals surface area contributed by atoms with Gasteiger partial charge < -0.3 is 15.0 Å². The number of nitrogens with zero attached hydrogens (tertiary/aromatic N) is 1. The van der Waals surface area contributed by atoms with Crippen molar-refractivity contribution >= 4 is 17.5 Å². The lowest BCUT2D eigenvalue weighted by Crippen LogP contribution is -2.35. The van der Waals surface area contributed by atoms with Crippen LogP contribution in [0, 0.1) is 13.8 Å². The summed E-state index contributed by atoms with van der Waals surface area (Å²) in [6, 6.07) is 13.2. The average Bonchev–Trinajstić information content (AvgIpc) is 3.00. The summed E-state index contributed by atoms with van der Waals surface area (Å²) >= 11 is 0. The predicted molar refractivity (Wildman–Crippen MR) is 120 cm³/mol. The number of hydrogen-bond acceptors (Lipinski definition) is 3. The molecule has 160 valence electrons. The number of anilines is 1. The van der Waals surface area contributed by atoms with E-state index in [-0.39, 0.29) is 11.8 Å². The summed E-state index contributed by atoms with van der Waals surface area (Å²) < 4.78 is 5.99. The van der Waals surface area contributed by atoms with Gasteiger partial charge >= 0.3 is 0 Å². The molecule has 30 heavy (non-hydrogen) atoms. The number of amides is 2. The van der Waals surface area contributed by atoms with Crippen molar-refractivity contribution in [3.63, 3.8) is 0 Å². The molecule has 0 aromatic heterocycles. The Hall–Kier alpha value is -2.82. The lowest BCUT2D eigenvalue weighted by Gasteiger charge is -2.23. The highest BCUT2D eigenvalue weighted by Gasteiger charge is 2.23. The third kappa shape index (κ3) is 5.62. The summed E-state index contributed by atoms with van der Waals surface area (Å²) in [6.45, 7) is 7.47. The molecule has 2 aromatic rings. The van der Waals surface area contributed by atoms with E-state index >= 15 is 0 Å². The molecule has 1 saturated heterocycles. The van der Waals surface area contributed by atoms with Crippen LogP contribution in [0.15, 0.2) is 42.5 Å². The highest BCUT2D eigenvalue weighted by atomic mass is 16.5. The first-order valence-corrected chi connectivity index (χ1v) is 10.9. The van der Waals surface area contributed by atoms with E-state index in [4.69, 9.17) is 4.74 Å². The average molecular weight is 409 g/mol. The van der Waals surface area contributed by atoms with E-state index in [1.807, 2.05) is 49.9 Å². The van der Waals surface area contributed by atoms with Crippen molar-refractivity contribution in [2.24, 2.45) is 0 Å². The van der Waals surface area contributed by atoms with Gasteiger partial charge in [0.05, 0.1) is 11.3 Å². The zero-order valence-corrected chi connectivity index (χ0v) is 18.2. The van der Waals surface area contributed by atoms with Gasteiger partial charge in [-0.1, -0.05) is 38.0 Å². The fraction of sp³-hybridized carbons (Fsp3) is 0.440. The molecule has 0 saturated carbocycles. The Balaban J connectivity index is 1.74. The van der Waals surface area contributed by atoms with Crippen molar-refractivity contribution in [2.45, 2.75) is 59.0 Å². The summed E-state index contributed by atoms with van der Waals surface area (Å²) in [4.78, 5) is 28.0. The summed E-state index contributed by atoms with van der Waals surface area (Å²) in [5, 5.41) is 2.94. The Morgan fingerprint density at radius 3 is 2.27 bits per heavy atom. The quantitative estimate of drug-likeness (QED) is 0.722. The monoisotopic (exact) mass is 408 g/mol. The van der Waals surface area contributed by atoms with Gasteiger partial charge in [0.25, 0.3) is 11.8 Å². The van der Waals surface area contributed by atoms with Gasteiger partial charge in [0.1, 0.15) is 5.75 Å². The van der Waals surface area contributed by atoms with Crippen LogP contribution in [-0.2, 0) is 4.79 Å². The van der Waals surface area contributed by atoms with Crippen LogP contribution in [0.5, 0.6) is 5.75 Å². The van der Waals surface area contributed by atoms with Crippen LogP contribution in [0.2, 0.25) is 0 Å². The maximum atomic E-state index is 13.1. The minimum atomic E-state index is -0.632. The molecule has 1 aliphatic heterocycles. The van der Waals surface area contributed by atoms with Crippen molar-refractivity contribution in [3.05, 3.63) is 59.2 Å². The zero-order chi connectivity index (χ0) is 21.5. The molecule has 1 aliphatic rings. The Morgan fingerprint density at radius 2 is 1.63 bits per heavy atom. The van der Waals surface area contributed by atoms with Crippen LogP contribution in [0.3, 0.4) is 0 Å². The third-order valence-corrected chi connectivity index (χ3v) is 5.45. The highest BCUT2D eigenvalue weighted by molar-refractivity contribution is 6.04. The van der Waals surface area contributed by atoms with Gasteiger partial charge in [0.2, 0.25) is 0 Å². The van der Waals surface area contributed by atoms with Crippen LogP contribution in [0.25, 0.3) is 0 Å².